The number of carbonyl (C=O) groups is 1. The van der Waals surface area contributed by atoms with Gasteiger partial charge in [-0.05, 0) is 43.7 Å². The Bertz CT molecular complexity index is 638. The lowest BCUT2D eigenvalue weighted by Crippen LogP contribution is -2.15. The summed E-state index contributed by atoms with van der Waals surface area (Å²) in [6.45, 7) is 3.50. The number of rotatable bonds is 2. The van der Waals surface area contributed by atoms with E-state index in [4.69, 9.17) is 0 Å². The fraction of sp³-hybridized carbons (Fsp3) is 0.133. The van der Waals surface area contributed by atoms with Crippen molar-refractivity contribution < 1.29 is 13.6 Å². The van der Waals surface area contributed by atoms with E-state index in [1.807, 2.05) is 0 Å². The van der Waals surface area contributed by atoms with Crippen molar-refractivity contribution in [2.24, 2.45) is 0 Å². The number of hydrogen-bond donors (Lipinski definition) is 1. The fourth-order valence-electron chi connectivity index (χ4n) is 1.72. The Morgan fingerprint density at radius 3 is 2.26 bits per heavy atom. The number of aryl methyl sites for hydroxylation is 2. The van der Waals surface area contributed by atoms with Gasteiger partial charge < -0.3 is 5.32 Å². The first-order valence-corrected chi connectivity index (χ1v) is 5.81. The third-order valence-corrected chi connectivity index (χ3v) is 2.74. The average molecular weight is 261 g/mol. The first-order valence-electron chi connectivity index (χ1n) is 5.81. The van der Waals surface area contributed by atoms with Gasteiger partial charge in [0.1, 0.15) is 11.6 Å². The molecule has 0 fully saturated rings. The van der Waals surface area contributed by atoms with Gasteiger partial charge in [0.15, 0.2) is 0 Å². The minimum atomic E-state index is -0.663. The zero-order chi connectivity index (χ0) is 14.0. The molecule has 2 rings (SSSR count). The van der Waals surface area contributed by atoms with Crippen molar-refractivity contribution >= 4 is 11.6 Å². The van der Waals surface area contributed by atoms with Crippen LogP contribution in [0, 0.1) is 25.5 Å². The molecule has 0 saturated heterocycles. The second-order valence-electron chi connectivity index (χ2n) is 4.42. The third kappa shape index (κ3) is 2.96. The van der Waals surface area contributed by atoms with Gasteiger partial charge in [-0.15, -0.1) is 0 Å². The van der Waals surface area contributed by atoms with E-state index in [9.17, 15) is 13.6 Å². The predicted octanol–water partition coefficient (Wildman–Crippen LogP) is 3.83. The Labute approximate surface area is 110 Å². The summed E-state index contributed by atoms with van der Waals surface area (Å²) in [4.78, 5) is 11.9. The first kappa shape index (κ1) is 13.2. The highest BCUT2D eigenvalue weighted by Gasteiger charge is 2.13. The smallest absolute Gasteiger partial charge is 0.258 e. The summed E-state index contributed by atoms with van der Waals surface area (Å²) in [5.41, 5.74) is 1.45. The molecule has 0 aromatic heterocycles. The molecular formula is C15H13F2NO. The Kier molecular flexibility index (Phi) is 3.60. The van der Waals surface area contributed by atoms with Crippen LogP contribution in [0.3, 0.4) is 0 Å². The summed E-state index contributed by atoms with van der Waals surface area (Å²) in [5, 5.41) is 2.37. The van der Waals surface area contributed by atoms with Gasteiger partial charge >= 0.3 is 0 Å². The topological polar surface area (TPSA) is 29.1 Å². The molecule has 0 heterocycles. The number of nitrogens with one attached hydrogen (secondary N) is 1. The Balaban J connectivity index is 2.28. The van der Waals surface area contributed by atoms with Crippen molar-refractivity contribution in [1.29, 1.82) is 0 Å². The molecule has 0 unspecified atom stereocenters. The Hall–Kier alpha value is -2.23. The lowest BCUT2D eigenvalue weighted by Gasteiger charge is -2.08. The SMILES string of the molecule is Cc1ccc(NC(=O)c2cc(C)ccc2F)c(F)c1. The molecule has 1 amide bonds. The van der Waals surface area contributed by atoms with Crippen molar-refractivity contribution in [3.05, 3.63) is 64.7 Å². The molecule has 0 aliphatic rings. The second-order valence-corrected chi connectivity index (χ2v) is 4.42. The number of benzene rings is 2. The van der Waals surface area contributed by atoms with Gasteiger partial charge in [0, 0.05) is 0 Å². The van der Waals surface area contributed by atoms with E-state index in [0.717, 1.165) is 11.1 Å². The van der Waals surface area contributed by atoms with Crippen LogP contribution in [0.4, 0.5) is 14.5 Å². The van der Waals surface area contributed by atoms with Crippen molar-refractivity contribution in [3.63, 3.8) is 0 Å². The number of halogens is 2. The van der Waals surface area contributed by atoms with Gasteiger partial charge in [-0.3, -0.25) is 4.79 Å². The maximum Gasteiger partial charge on any atom is 0.258 e. The number of amides is 1. The summed E-state index contributed by atoms with van der Waals surface area (Å²) >= 11 is 0. The lowest BCUT2D eigenvalue weighted by molar-refractivity contribution is 0.102. The lowest BCUT2D eigenvalue weighted by atomic mass is 10.1. The molecule has 2 aromatic carbocycles. The quantitative estimate of drug-likeness (QED) is 0.874. The summed E-state index contributed by atoms with van der Waals surface area (Å²) < 4.78 is 27.1. The van der Waals surface area contributed by atoms with Crippen LogP contribution in [0.1, 0.15) is 21.5 Å². The second kappa shape index (κ2) is 5.18. The van der Waals surface area contributed by atoms with E-state index in [1.54, 1.807) is 26.0 Å². The monoisotopic (exact) mass is 261 g/mol. The molecule has 98 valence electrons. The van der Waals surface area contributed by atoms with E-state index in [-0.39, 0.29) is 11.3 Å². The molecule has 0 aliphatic heterocycles. The van der Waals surface area contributed by atoms with E-state index in [0.29, 0.717) is 0 Å². The highest BCUT2D eigenvalue weighted by Crippen LogP contribution is 2.18. The Morgan fingerprint density at radius 1 is 0.947 bits per heavy atom. The van der Waals surface area contributed by atoms with Crippen molar-refractivity contribution in [2.75, 3.05) is 5.32 Å². The van der Waals surface area contributed by atoms with Gasteiger partial charge in [0.25, 0.3) is 5.91 Å². The van der Waals surface area contributed by atoms with E-state index < -0.39 is 17.5 Å². The van der Waals surface area contributed by atoms with Crippen molar-refractivity contribution in [3.8, 4) is 0 Å². The molecule has 2 aromatic rings. The largest absolute Gasteiger partial charge is 0.319 e. The van der Waals surface area contributed by atoms with Crippen molar-refractivity contribution in [1.82, 2.24) is 0 Å². The van der Waals surface area contributed by atoms with Crippen LogP contribution < -0.4 is 5.32 Å². The van der Waals surface area contributed by atoms with Crippen LogP contribution in [0.15, 0.2) is 36.4 Å². The van der Waals surface area contributed by atoms with E-state index in [1.165, 1.54) is 24.3 Å². The zero-order valence-corrected chi connectivity index (χ0v) is 10.6. The molecule has 1 N–H and O–H groups in total. The zero-order valence-electron chi connectivity index (χ0n) is 10.6. The molecular weight excluding hydrogens is 248 g/mol. The van der Waals surface area contributed by atoms with Crippen molar-refractivity contribution in [2.45, 2.75) is 13.8 Å². The highest BCUT2D eigenvalue weighted by atomic mass is 19.1. The standard InChI is InChI=1S/C15H13F2NO/c1-9-3-5-12(16)11(7-9)15(19)18-14-6-4-10(2)8-13(14)17/h3-8H,1-2H3,(H,18,19). The molecule has 19 heavy (non-hydrogen) atoms. The predicted molar refractivity (Wildman–Crippen MR) is 70.2 cm³/mol. The van der Waals surface area contributed by atoms with Crippen LogP contribution in [0.2, 0.25) is 0 Å². The summed E-state index contributed by atoms with van der Waals surface area (Å²) in [7, 11) is 0. The normalized spacial score (nSPS) is 10.3. The maximum absolute atomic E-state index is 13.6. The third-order valence-electron chi connectivity index (χ3n) is 2.74. The number of carbonyl (C=O) groups excluding carboxylic acids is 1. The molecule has 4 heteroatoms. The van der Waals surface area contributed by atoms with Gasteiger partial charge in [-0.1, -0.05) is 17.7 Å². The maximum atomic E-state index is 13.6. The number of anilines is 1. The molecule has 0 radical (unpaired) electrons. The minimum Gasteiger partial charge on any atom is -0.319 e. The van der Waals surface area contributed by atoms with Crippen LogP contribution in [-0.4, -0.2) is 5.91 Å². The molecule has 0 atom stereocenters. The molecule has 0 aliphatic carbocycles. The summed E-state index contributed by atoms with van der Waals surface area (Å²) in [6, 6.07) is 8.65. The van der Waals surface area contributed by atoms with Gasteiger partial charge in [-0.2, -0.15) is 0 Å². The fourth-order valence-corrected chi connectivity index (χ4v) is 1.72. The minimum absolute atomic E-state index is 0.0384. The Morgan fingerprint density at radius 2 is 1.58 bits per heavy atom. The molecule has 0 saturated carbocycles. The van der Waals surface area contributed by atoms with E-state index in [2.05, 4.69) is 5.32 Å². The van der Waals surface area contributed by atoms with Crippen LogP contribution in [-0.2, 0) is 0 Å². The van der Waals surface area contributed by atoms with Crippen LogP contribution in [0.25, 0.3) is 0 Å². The molecule has 0 spiro atoms. The molecule has 0 bridgehead atoms. The molecule has 2 nitrogen and oxygen atoms in total. The van der Waals surface area contributed by atoms with Crippen LogP contribution >= 0.6 is 0 Å². The number of hydrogen-bond acceptors (Lipinski definition) is 1. The van der Waals surface area contributed by atoms with Gasteiger partial charge in [-0.25, -0.2) is 8.78 Å². The highest BCUT2D eigenvalue weighted by molar-refractivity contribution is 6.04. The summed E-state index contributed by atoms with van der Waals surface area (Å²) in [5.74, 6) is -1.83. The van der Waals surface area contributed by atoms with Crippen LogP contribution in [0.5, 0.6) is 0 Å². The van der Waals surface area contributed by atoms with E-state index >= 15 is 0 Å². The van der Waals surface area contributed by atoms with Gasteiger partial charge in [0.2, 0.25) is 0 Å². The van der Waals surface area contributed by atoms with Gasteiger partial charge in [0.05, 0.1) is 11.3 Å². The first-order chi connectivity index (χ1) is 8.97. The average Bonchev–Trinajstić information content (AvgIpc) is 2.35. The summed E-state index contributed by atoms with van der Waals surface area (Å²) in [6.07, 6.45) is 0.